The first-order chi connectivity index (χ1) is 16.7. The molecule has 0 aliphatic rings. The fraction of sp³-hybridized carbons (Fsp3) is 0.154. The molecule has 0 fully saturated rings. The number of carbonyl (C=O) groups is 1. The van der Waals surface area contributed by atoms with Crippen molar-refractivity contribution in [2.24, 2.45) is 0 Å². The van der Waals surface area contributed by atoms with Crippen LogP contribution < -0.4 is 16.4 Å². The molecule has 0 radical (unpaired) electrons. The first-order valence-electron chi connectivity index (χ1n) is 10.8. The molecular weight excluding hydrogens is 473 g/mol. The molecule has 0 aliphatic heterocycles. The number of rotatable bonds is 7. The highest BCUT2D eigenvalue weighted by atomic mass is 32.1. The maximum absolute atomic E-state index is 13.1. The van der Waals surface area contributed by atoms with Crippen molar-refractivity contribution in [3.63, 3.8) is 0 Å². The summed E-state index contributed by atoms with van der Waals surface area (Å²) in [5, 5.41) is 8.65. The molecule has 3 aromatic carbocycles. The first-order valence-corrected chi connectivity index (χ1v) is 11.7. The summed E-state index contributed by atoms with van der Waals surface area (Å²) in [4.78, 5) is 17.3. The summed E-state index contributed by atoms with van der Waals surface area (Å²) in [6.45, 7) is 2.54. The number of aromatic nitrogens is 1. The van der Waals surface area contributed by atoms with E-state index in [9.17, 15) is 18.0 Å². The second-order valence-corrected chi connectivity index (χ2v) is 8.90. The Kier molecular flexibility index (Phi) is 7.07. The van der Waals surface area contributed by atoms with Crippen LogP contribution in [0.1, 0.15) is 27.2 Å². The predicted molar refractivity (Wildman–Crippen MR) is 135 cm³/mol. The van der Waals surface area contributed by atoms with Gasteiger partial charge in [-0.05, 0) is 60.5 Å². The lowest BCUT2D eigenvalue weighted by molar-refractivity contribution is -0.137. The number of nitrogen functional groups attached to an aromatic ring is 1. The summed E-state index contributed by atoms with van der Waals surface area (Å²) in [6, 6.07) is 17.4. The van der Waals surface area contributed by atoms with Crippen molar-refractivity contribution in [3.05, 3.63) is 94.5 Å². The molecule has 9 heteroatoms. The number of benzene rings is 3. The number of aryl methyl sites for hydroxylation is 1. The topological polar surface area (TPSA) is 80.0 Å². The van der Waals surface area contributed by atoms with Crippen LogP contribution in [-0.2, 0) is 12.6 Å². The Labute approximate surface area is 204 Å². The fourth-order valence-corrected chi connectivity index (χ4v) is 4.18. The largest absolute Gasteiger partial charge is 0.416 e. The van der Waals surface area contributed by atoms with Crippen LogP contribution in [0.5, 0.6) is 0 Å². The Morgan fingerprint density at radius 3 is 2.31 bits per heavy atom. The third kappa shape index (κ3) is 6.19. The number of hydrogen-bond acceptors (Lipinski definition) is 5. The van der Waals surface area contributed by atoms with Gasteiger partial charge in [0.2, 0.25) is 0 Å². The average molecular weight is 497 g/mol. The van der Waals surface area contributed by atoms with Gasteiger partial charge in [-0.1, -0.05) is 29.8 Å². The lowest BCUT2D eigenvalue weighted by atomic mass is 9.96. The van der Waals surface area contributed by atoms with Gasteiger partial charge in [-0.2, -0.15) is 13.2 Å². The highest BCUT2D eigenvalue weighted by Gasteiger charge is 2.30. The molecule has 0 saturated heterocycles. The van der Waals surface area contributed by atoms with E-state index in [4.69, 9.17) is 5.73 Å². The molecule has 0 saturated carbocycles. The first kappa shape index (κ1) is 24.3. The van der Waals surface area contributed by atoms with Crippen LogP contribution in [0.3, 0.4) is 0 Å². The molecule has 1 amide bonds. The predicted octanol–water partition coefficient (Wildman–Crippen LogP) is 6.63. The summed E-state index contributed by atoms with van der Waals surface area (Å²) in [6.07, 6.45) is -3.67. The Morgan fingerprint density at radius 1 is 1.00 bits per heavy atom. The highest BCUT2D eigenvalue weighted by molar-refractivity contribution is 7.13. The monoisotopic (exact) mass is 496 g/mol. The van der Waals surface area contributed by atoms with Gasteiger partial charge < -0.3 is 16.4 Å². The molecule has 4 N–H and O–H groups in total. The van der Waals surface area contributed by atoms with Crippen molar-refractivity contribution < 1.29 is 18.0 Å². The van der Waals surface area contributed by atoms with Gasteiger partial charge in [-0.25, -0.2) is 4.98 Å². The Balaban J connectivity index is 1.44. The molecule has 1 heterocycles. The molecule has 5 nitrogen and oxygen atoms in total. The number of amides is 1. The quantitative estimate of drug-likeness (QED) is 0.268. The molecule has 0 spiro atoms. The molecule has 35 heavy (non-hydrogen) atoms. The SMILES string of the molecule is Cc1ccc(-c2ccc(C(F)(F)F)cc2)c(C(=O)Nc2ccc(NCCc3csc(N)n3)cc2)c1. The number of hydrogen-bond donors (Lipinski definition) is 3. The van der Waals surface area contributed by atoms with E-state index in [1.165, 1.54) is 23.5 Å². The number of nitrogens with two attached hydrogens (primary N) is 1. The molecule has 0 bridgehead atoms. The van der Waals surface area contributed by atoms with E-state index in [2.05, 4.69) is 15.6 Å². The molecule has 1 aromatic heterocycles. The van der Waals surface area contributed by atoms with E-state index in [0.717, 1.165) is 35.5 Å². The number of carbonyl (C=O) groups excluding carboxylic acids is 1. The van der Waals surface area contributed by atoms with Crippen molar-refractivity contribution in [1.29, 1.82) is 0 Å². The smallest absolute Gasteiger partial charge is 0.385 e. The van der Waals surface area contributed by atoms with Gasteiger partial charge in [-0.15, -0.1) is 11.3 Å². The van der Waals surface area contributed by atoms with Gasteiger partial charge in [0.1, 0.15) is 0 Å². The minimum Gasteiger partial charge on any atom is -0.385 e. The van der Waals surface area contributed by atoms with Gasteiger partial charge in [0, 0.05) is 35.3 Å². The zero-order valence-corrected chi connectivity index (χ0v) is 19.6. The third-order valence-corrected chi connectivity index (χ3v) is 6.09. The van der Waals surface area contributed by atoms with Crippen LogP contribution in [0.25, 0.3) is 11.1 Å². The number of anilines is 3. The van der Waals surface area contributed by atoms with Gasteiger partial charge in [-0.3, -0.25) is 4.79 Å². The number of alkyl halides is 3. The Bertz CT molecular complexity index is 1320. The second kappa shape index (κ2) is 10.2. The van der Waals surface area contributed by atoms with Gasteiger partial charge >= 0.3 is 6.18 Å². The minimum atomic E-state index is -4.41. The molecular formula is C26H23F3N4OS. The zero-order chi connectivity index (χ0) is 25.0. The maximum atomic E-state index is 13.1. The number of halogens is 3. The van der Waals surface area contributed by atoms with Gasteiger partial charge in [0.25, 0.3) is 5.91 Å². The average Bonchev–Trinajstić information content (AvgIpc) is 3.24. The van der Waals surface area contributed by atoms with Gasteiger partial charge in [0.05, 0.1) is 11.3 Å². The summed E-state index contributed by atoms with van der Waals surface area (Å²) in [5.74, 6) is -0.342. The molecule has 180 valence electrons. The summed E-state index contributed by atoms with van der Waals surface area (Å²) in [7, 11) is 0. The van der Waals surface area contributed by atoms with Crippen molar-refractivity contribution in [2.75, 3.05) is 22.9 Å². The summed E-state index contributed by atoms with van der Waals surface area (Å²) >= 11 is 1.41. The molecule has 0 atom stereocenters. The third-order valence-electron chi connectivity index (χ3n) is 5.37. The van der Waals surface area contributed by atoms with E-state index >= 15 is 0 Å². The van der Waals surface area contributed by atoms with Gasteiger partial charge in [0.15, 0.2) is 5.13 Å². The molecule has 0 aliphatic carbocycles. The van der Waals surface area contributed by atoms with Crippen LogP contribution in [0.2, 0.25) is 0 Å². The normalized spacial score (nSPS) is 11.3. The number of nitrogens with one attached hydrogen (secondary N) is 2. The maximum Gasteiger partial charge on any atom is 0.416 e. The Hall–Kier alpha value is -3.85. The van der Waals surface area contributed by atoms with E-state index in [0.29, 0.717) is 34.1 Å². The summed E-state index contributed by atoms with van der Waals surface area (Å²) < 4.78 is 38.8. The van der Waals surface area contributed by atoms with Crippen molar-refractivity contribution in [1.82, 2.24) is 4.98 Å². The number of thiazole rings is 1. The molecule has 0 unspecified atom stereocenters. The summed E-state index contributed by atoms with van der Waals surface area (Å²) in [5.41, 5.74) is 9.69. The number of nitrogens with zero attached hydrogens (tertiary/aromatic N) is 1. The fourth-order valence-electron chi connectivity index (χ4n) is 3.58. The van der Waals surface area contributed by atoms with E-state index in [1.54, 1.807) is 24.3 Å². The van der Waals surface area contributed by atoms with Crippen molar-refractivity contribution in [2.45, 2.75) is 19.5 Å². The standard InChI is InChI=1S/C26H23F3N4OS/c1-16-2-11-22(17-3-5-18(6-4-17)26(27,28)29)23(14-16)24(34)32-20-9-7-19(8-10-20)31-13-12-21-15-35-25(30)33-21/h2-11,14-15,31H,12-13H2,1H3,(H2,30,33)(H,32,34). The van der Waals surface area contributed by atoms with Crippen LogP contribution in [0.4, 0.5) is 29.7 Å². The van der Waals surface area contributed by atoms with E-state index in [-0.39, 0.29) is 5.91 Å². The van der Waals surface area contributed by atoms with Crippen molar-refractivity contribution >= 4 is 33.8 Å². The Morgan fingerprint density at radius 2 is 1.69 bits per heavy atom. The lowest BCUT2D eigenvalue weighted by Crippen LogP contribution is -2.13. The minimum absolute atomic E-state index is 0.342. The van der Waals surface area contributed by atoms with Crippen LogP contribution in [0, 0.1) is 6.92 Å². The van der Waals surface area contributed by atoms with Crippen LogP contribution in [0.15, 0.2) is 72.1 Å². The van der Waals surface area contributed by atoms with E-state index < -0.39 is 11.7 Å². The highest BCUT2D eigenvalue weighted by Crippen LogP contribution is 2.32. The van der Waals surface area contributed by atoms with Crippen LogP contribution in [-0.4, -0.2) is 17.4 Å². The second-order valence-electron chi connectivity index (χ2n) is 8.01. The van der Waals surface area contributed by atoms with Crippen molar-refractivity contribution in [3.8, 4) is 11.1 Å². The van der Waals surface area contributed by atoms with E-state index in [1.807, 2.05) is 30.5 Å². The zero-order valence-electron chi connectivity index (χ0n) is 18.8. The molecule has 4 aromatic rings. The lowest BCUT2D eigenvalue weighted by Gasteiger charge is -2.13. The molecule has 4 rings (SSSR count). The van der Waals surface area contributed by atoms with Crippen LogP contribution >= 0.6 is 11.3 Å².